The van der Waals surface area contributed by atoms with Gasteiger partial charge in [0, 0.05) is 36.8 Å². The number of methoxy groups -OCH3 is 1. The zero-order valence-electron chi connectivity index (χ0n) is 16.5. The van der Waals surface area contributed by atoms with E-state index in [0.717, 1.165) is 0 Å². The lowest BCUT2D eigenvalue weighted by Gasteiger charge is -2.42. The first-order valence-electron chi connectivity index (χ1n) is 9.60. The van der Waals surface area contributed by atoms with Crippen molar-refractivity contribution in [3.63, 3.8) is 0 Å². The first-order chi connectivity index (χ1) is 13.3. The Kier molecular flexibility index (Phi) is 6.60. The first kappa shape index (κ1) is 21.0. The van der Waals surface area contributed by atoms with Crippen molar-refractivity contribution in [2.24, 2.45) is 5.92 Å². The van der Waals surface area contributed by atoms with Gasteiger partial charge in [0.25, 0.3) is 0 Å². The lowest BCUT2D eigenvalue weighted by Crippen LogP contribution is -2.61. The molecule has 2 fully saturated rings. The number of ether oxygens (including phenoxy) is 1. The van der Waals surface area contributed by atoms with Crippen molar-refractivity contribution >= 4 is 27.9 Å². The van der Waals surface area contributed by atoms with Crippen LogP contribution in [0.1, 0.15) is 25.8 Å². The van der Waals surface area contributed by atoms with Crippen molar-refractivity contribution in [2.75, 3.05) is 33.4 Å². The van der Waals surface area contributed by atoms with Crippen molar-refractivity contribution < 1.29 is 18.7 Å². The molecule has 8 heteroatoms. The molecular weight excluding hydrogens is 429 g/mol. The van der Waals surface area contributed by atoms with Gasteiger partial charge in [-0.05, 0) is 24.5 Å². The number of piperazine rings is 1. The molecule has 3 amide bonds. The van der Waals surface area contributed by atoms with Gasteiger partial charge >= 0.3 is 6.03 Å². The molecule has 2 aliphatic heterocycles. The second-order valence-corrected chi connectivity index (χ2v) is 8.80. The minimum absolute atomic E-state index is 0.0213. The molecule has 0 N–H and O–H groups in total. The van der Waals surface area contributed by atoms with Crippen LogP contribution in [0.25, 0.3) is 0 Å². The molecule has 1 aromatic carbocycles. The first-order valence-corrected chi connectivity index (χ1v) is 10.4. The van der Waals surface area contributed by atoms with Crippen molar-refractivity contribution in [1.82, 2.24) is 14.7 Å². The molecule has 0 aliphatic carbocycles. The SMILES string of the molecule is COCCN1C[C@@H]2CN(Cc3ccc(Br)cc3F)C(=O)N2[C@@H](CC(C)C)C1=O. The number of fused-ring (bicyclic) bond motifs is 1. The number of nitrogens with zero attached hydrogens (tertiary/aromatic N) is 3. The molecule has 2 aliphatic rings. The van der Waals surface area contributed by atoms with E-state index in [-0.39, 0.29) is 36.3 Å². The van der Waals surface area contributed by atoms with Gasteiger partial charge in [-0.25, -0.2) is 9.18 Å². The highest BCUT2D eigenvalue weighted by atomic mass is 79.9. The summed E-state index contributed by atoms with van der Waals surface area (Å²) in [6, 6.07) is 4.13. The summed E-state index contributed by atoms with van der Waals surface area (Å²) < 4.78 is 20.1. The van der Waals surface area contributed by atoms with Gasteiger partial charge in [0.05, 0.1) is 19.2 Å². The Balaban J connectivity index is 1.81. The Morgan fingerprint density at radius 2 is 1.96 bits per heavy atom. The van der Waals surface area contributed by atoms with E-state index in [9.17, 15) is 14.0 Å². The number of amides is 3. The summed E-state index contributed by atoms with van der Waals surface area (Å²) in [6.45, 7) is 6.25. The van der Waals surface area contributed by atoms with E-state index in [4.69, 9.17) is 4.74 Å². The van der Waals surface area contributed by atoms with Crippen molar-refractivity contribution in [3.8, 4) is 0 Å². The molecule has 6 nitrogen and oxygen atoms in total. The van der Waals surface area contributed by atoms with E-state index in [1.807, 2.05) is 13.8 Å². The number of rotatable bonds is 7. The van der Waals surface area contributed by atoms with Crippen LogP contribution in [0.15, 0.2) is 22.7 Å². The van der Waals surface area contributed by atoms with Gasteiger partial charge < -0.3 is 19.4 Å². The van der Waals surface area contributed by atoms with E-state index >= 15 is 0 Å². The fourth-order valence-electron chi connectivity index (χ4n) is 4.00. The number of hydrogen-bond donors (Lipinski definition) is 0. The van der Waals surface area contributed by atoms with Gasteiger partial charge in [0.1, 0.15) is 11.9 Å². The standard InChI is InChI=1S/C20H27BrFN3O3/c1-13(2)8-18-19(26)23(6-7-28-3)11-16-12-24(20(27)25(16)18)10-14-4-5-15(21)9-17(14)22/h4-5,9,13,16,18H,6-8,10-12H2,1-3H3/t16-,18+/m1/s1. The molecular formula is C20H27BrFN3O3. The van der Waals surface area contributed by atoms with Crippen LogP contribution in [-0.2, 0) is 16.1 Å². The Hall–Kier alpha value is -1.67. The summed E-state index contributed by atoms with van der Waals surface area (Å²) in [5, 5.41) is 0. The summed E-state index contributed by atoms with van der Waals surface area (Å²) in [6.07, 6.45) is 0.616. The summed E-state index contributed by atoms with van der Waals surface area (Å²) in [4.78, 5) is 31.3. The maximum Gasteiger partial charge on any atom is 0.321 e. The average Bonchev–Trinajstić information content (AvgIpc) is 2.93. The average molecular weight is 456 g/mol. The third-order valence-electron chi connectivity index (χ3n) is 5.32. The number of benzene rings is 1. The van der Waals surface area contributed by atoms with Crippen LogP contribution in [0.4, 0.5) is 9.18 Å². The molecule has 154 valence electrons. The maximum absolute atomic E-state index is 14.3. The van der Waals surface area contributed by atoms with Gasteiger partial charge in [0.15, 0.2) is 0 Å². The monoisotopic (exact) mass is 455 g/mol. The molecule has 0 spiro atoms. The van der Waals surface area contributed by atoms with E-state index in [1.165, 1.54) is 6.07 Å². The predicted octanol–water partition coefficient (Wildman–Crippen LogP) is 3.10. The smallest absolute Gasteiger partial charge is 0.321 e. The minimum Gasteiger partial charge on any atom is -0.383 e. The van der Waals surface area contributed by atoms with Gasteiger partial charge in [0.2, 0.25) is 5.91 Å². The molecule has 0 radical (unpaired) electrons. The second kappa shape index (κ2) is 8.78. The summed E-state index contributed by atoms with van der Waals surface area (Å²) in [5.74, 6) is -0.0849. The van der Waals surface area contributed by atoms with Crippen LogP contribution < -0.4 is 0 Å². The highest BCUT2D eigenvalue weighted by Gasteiger charge is 2.49. The van der Waals surface area contributed by atoms with Crippen LogP contribution in [0.5, 0.6) is 0 Å². The largest absolute Gasteiger partial charge is 0.383 e. The minimum atomic E-state index is -0.470. The van der Waals surface area contributed by atoms with Crippen molar-refractivity contribution in [3.05, 3.63) is 34.1 Å². The quantitative estimate of drug-likeness (QED) is 0.634. The molecule has 0 unspecified atom stereocenters. The Morgan fingerprint density at radius 3 is 2.61 bits per heavy atom. The van der Waals surface area contributed by atoms with Gasteiger partial charge in [-0.15, -0.1) is 0 Å². The molecule has 2 saturated heterocycles. The second-order valence-electron chi connectivity index (χ2n) is 7.88. The molecule has 1 aromatic rings. The van der Waals surface area contributed by atoms with Crippen molar-refractivity contribution in [1.29, 1.82) is 0 Å². The van der Waals surface area contributed by atoms with Crippen molar-refractivity contribution in [2.45, 2.75) is 38.9 Å². The number of hydrogen-bond acceptors (Lipinski definition) is 3. The van der Waals surface area contributed by atoms with Crippen LogP contribution in [0.3, 0.4) is 0 Å². The van der Waals surface area contributed by atoms with E-state index in [0.29, 0.717) is 42.7 Å². The Labute approximate surface area is 173 Å². The van der Waals surface area contributed by atoms with Gasteiger partial charge in [-0.2, -0.15) is 0 Å². The van der Waals surface area contributed by atoms with Gasteiger partial charge in [-0.3, -0.25) is 4.79 Å². The zero-order chi connectivity index (χ0) is 20.4. The molecule has 2 atom stereocenters. The Bertz CT molecular complexity index is 745. The molecule has 3 rings (SSSR count). The predicted molar refractivity (Wildman–Crippen MR) is 107 cm³/mol. The number of urea groups is 1. The molecule has 0 saturated carbocycles. The summed E-state index contributed by atoms with van der Waals surface area (Å²) in [7, 11) is 1.61. The highest BCUT2D eigenvalue weighted by Crippen LogP contribution is 2.30. The van der Waals surface area contributed by atoms with Crippen LogP contribution in [0.2, 0.25) is 0 Å². The third-order valence-corrected chi connectivity index (χ3v) is 5.81. The van der Waals surface area contributed by atoms with Gasteiger partial charge in [-0.1, -0.05) is 35.8 Å². The fraction of sp³-hybridized carbons (Fsp3) is 0.600. The van der Waals surface area contributed by atoms with E-state index < -0.39 is 6.04 Å². The molecule has 0 bridgehead atoms. The highest BCUT2D eigenvalue weighted by molar-refractivity contribution is 9.10. The normalized spacial score (nSPS) is 22.4. The zero-order valence-corrected chi connectivity index (χ0v) is 18.1. The van der Waals surface area contributed by atoms with E-state index in [1.54, 1.807) is 33.9 Å². The number of halogens is 2. The fourth-order valence-corrected chi connectivity index (χ4v) is 4.33. The van der Waals surface area contributed by atoms with Crippen LogP contribution in [0, 0.1) is 11.7 Å². The lowest BCUT2D eigenvalue weighted by atomic mass is 9.97. The lowest BCUT2D eigenvalue weighted by molar-refractivity contribution is -0.143. The van der Waals surface area contributed by atoms with Crippen LogP contribution >= 0.6 is 15.9 Å². The topological polar surface area (TPSA) is 53.1 Å². The van der Waals surface area contributed by atoms with Crippen LogP contribution in [-0.4, -0.2) is 72.1 Å². The third kappa shape index (κ3) is 4.33. The number of carbonyl (C=O) groups is 2. The summed E-state index contributed by atoms with van der Waals surface area (Å²) in [5.41, 5.74) is 0.472. The van der Waals surface area contributed by atoms with E-state index in [2.05, 4.69) is 15.9 Å². The molecule has 2 heterocycles. The molecule has 0 aromatic heterocycles. The Morgan fingerprint density at radius 1 is 1.25 bits per heavy atom. The maximum atomic E-state index is 14.3. The molecule has 28 heavy (non-hydrogen) atoms. The summed E-state index contributed by atoms with van der Waals surface area (Å²) >= 11 is 3.25. The number of carbonyl (C=O) groups excluding carboxylic acids is 2.